The molecule has 6 heteroatoms. The summed E-state index contributed by atoms with van der Waals surface area (Å²) in [6, 6.07) is 11.0. The molecule has 1 N–H and O–H groups in total. The monoisotopic (exact) mass is 325 g/mol. The number of carbonyl (C=O) groups excluding carboxylic acids is 1. The molecule has 22 heavy (non-hydrogen) atoms. The van der Waals surface area contributed by atoms with Gasteiger partial charge in [0.1, 0.15) is 0 Å². The van der Waals surface area contributed by atoms with Crippen molar-refractivity contribution in [1.29, 1.82) is 0 Å². The molecule has 2 rings (SSSR count). The molecule has 0 aliphatic rings. The highest BCUT2D eigenvalue weighted by molar-refractivity contribution is 8.00. The number of thioether (sulfide) groups is 1. The van der Waals surface area contributed by atoms with Crippen LogP contribution in [0, 0.1) is 13.8 Å². The van der Waals surface area contributed by atoms with Crippen LogP contribution >= 0.6 is 11.8 Å². The van der Waals surface area contributed by atoms with Crippen molar-refractivity contribution in [2.75, 3.05) is 5.32 Å². The molecule has 0 saturated carbocycles. The molecular formula is C16H14F3NOS. The summed E-state index contributed by atoms with van der Waals surface area (Å²) in [7, 11) is 0. The van der Waals surface area contributed by atoms with E-state index in [2.05, 4.69) is 5.32 Å². The summed E-state index contributed by atoms with van der Waals surface area (Å²) < 4.78 is 36.7. The van der Waals surface area contributed by atoms with Crippen LogP contribution in [0.2, 0.25) is 0 Å². The van der Waals surface area contributed by atoms with Gasteiger partial charge in [0.05, 0.1) is 0 Å². The third kappa shape index (κ3) is 4.53. The molecule has 0 heterocycles. The highest BCUT2D eigenvalue weighted by Gasteiger charge is 2.29. The number of anilines is 1. The average molecular weight is 325 g/mol. The number of hydrogen-bond donors (Lipinski definition) is 1. The van der Waals surface area contributed by atoms with Crippen LogP contribution in [0.1, 0.15) is 21.5 Å². The van der Waals surface area contributed by atoms with Gasteiger partial charge in [-0.05, 0) is 61.5 Å². The first kappa shape index (κ1) is 16.4. The first-order valence-electron chi connectivity index (χ1n) is 6.49. The zero-order valence-electron chi connectivity index (χ0n) is 12.0. The number of amides is 1. The molecule has 0 spiro atoms. The van der Waals surface area contributed by atoms with Crippen molar-refractivity contribution in [1.82, 2.24) is 0 Å². The van der Waals surface area contributed by atoms with Crippen LogP contribution < -0.4 is 5.32 Å². The fourth-order valence-corrected chi connectivity index (χ4v) is 2.55. The van der Waals surface area contributed by atoms with Gasteiger partial charge in [-0.3, -0.25) is 4.79 Å². The molecule has 0 saturated heterocycles. The Kier molecular flexibility index (Phi) is 4.81. The predicted molar refractivity (Wildman–Crippen MR) is 82.2 cm³/mol. The fraction of sp³-hybridized carbons (Fsp3) is 0.188. The average Bonchev–Trinajstić information content (AvgIpc) is 2.39. The molecule has 2 nitrogen and oxygen atoms in total. The molecule has 0 unspecified atom stereocenters. The van der Waals surface area contributed by atoms with Crippen LogP contribution in [0.25, 0.3) is 0 Å². The van der Waals surface area contributed by atoms with Crippen molar-refractivity contribution in [3.05, 3.63) is 59.2 Å². The van der Waals surface area contributed by atoms with Crippen molar-refractivity contribution in [3.8, 4) is 0 Å². The zero-order chi connectivity index (χ0) is 16.3. The smallest absolute Gasteiger partial charge is 0.322 e. The summed E-state index contributed by atoms with van der Waals surface area (Å²) in [5.41, 5.74) is -1.41. The number of benzene rings is 2. The summed E-state index contributed by atoms with van der Waals surface area (Å²) in [5.74, 6) is -0.284. The quantitative estimate of drug-likeness (QED) is 0.789. The van der Waals surface area contributed by atoms with E-state index in [1.54, 1.807) is 6.07 Å². The van der Waals surface area contributed by atoms with Crippen LogP contribution in [0.15, 0.2) is 47.4 Å². The maximum atomic E-state index is 12.2. The first-order chi connectivity index (χ1) is 10.2. The zero-order valence-corrected chi connectivity index (χ0v) is 12.8. The third-order valence-electron chi connectivity index (χ3n) is 2.97. The van der Waals surface area contributed by atoms with Gasteiger partial charge in [-0.25, -0.2) is 0 Å². The van der Waals surface area contributed by atoms with E-state index in [4.69, 9.17) is 0 Å². The molecule has 0 aliphatic carbocycles. The molecule has 0 radical (unpaired) electrons. The van der Waals surface area contributed by atoms with Crippen molar-refractivity contribution in [2.24, 2.45) is 0 Å². The number of alkyl halides is 3. The maximum Gasteiger partial charge on any atom is 0.446 e. The minimum Gasteiger partial charge on any atom is -0.322 e. The lowest BCUT2D eigenvalue weighted by Gasteiger charge is -2.10. The lowest BCUT2D eigenvalue weighted by atomic mass is 10.1. The topological polar surface area (TPSA) is 29.1 Å². The van der Waals surface area contributed by atoms with Crippen LogP contribution in [0.3, 0.4) is 0 Å². The third-order valence-corrected chi connectivity index (χ3v) is 3.71. The van der Waals surface area contributed by atoms with Gasteiger partial charge in [-0.2, -0.15) is 13.2 Å². The van der Waals surface area contributed by atoms with E-state index in [1.807, 2.05) is 26.0 Å². The van der Waals surface area contributed by atoms with E-state index in [0.29, 0.717) is 11.3 Å². The molecular weight excluding hydrogens is 311 g/mol. The second-order valence-corrected chi connectivity index (χ2v) is 5.98. The normalized spacial score (nSPS) is 11.3. The molecule has 0 bridgehead atoms. The number of nitrogens with one attached hydrogen (secondary N) is 1. The molecule has 0 fully saturated rings. The largest absolute Gasteiger partial charge is 0.446 e. The summed E-state index contributed by atoms with van der Waals surface area (Å²) in [4.78, 5) is 12.2. The summed E-state index contributed by atoms with van der Waals surface area (Å²) in [5, 5.41) is 2.68. The van der Waals surface area contributed by atoms with Crippen LogP contribution in [-0.4, -0.2) is 11.4 Å². The lowest BCUT2D eigenvalue weighted by molar-refractivity contribution is -0.0328. The van der Waals surface area contributed by atoms with Gasteiger partial charge < -0.3 is 5.32 Å². The highest BCUT2D eigenvalue weighted by Crippen LogP contribution is 2.37. The van der Waals surface area contributed by atoms with Gasteiger partial charge in [0.15, 0.2) is 0 Å². The predicted octanol–water partition coefficient (Wildman–Crippen LogP) is 5.17. The Hall–Kier alpha value is -1.95. The molecule has 0 aliphatic heterocycles. The number of aryl methyl sites for hydroxylation is 2. The molecule has 116 valence electrons. The van der Waals surface area contributed by atoms with Crippen molar-refractivity contribution in [3.63, 3.8) is 0 Å². The van der Waals surface area contributed by atoms with Gasteiger partial charge in [-0.15, -0.1) is 0 Å². The summed E-state index contributed by atoms with van der Waals surface area (Å²) in [6.45, 7) is 3.77. The Balaban J connectivity index is 2.09. The van der Waals surface area contributed by atoms with Crippen molar-refractivity contribution in [2.45, 2.75) is 24.3 Å². The molecule has 2 aromatic rings. The van der Waals surface area contributed by atoms with Gasteiger partial charge in [0.2, 0.25) is 0 Å². The second-order valence-electron chi connectivity index (χ2n) is 4.84. The molecule has 1 amide bonds. The van der Waals surface area contributed by atoms with Gasteiger partial charge >= 0.3 is 5.51 Å². The number of carbonyl (C=O) groups is 1. The van der Waals surface area contributed by atoms with Crippen LogP contribution in [0.4, 0.5) is 18.9 Å². The Morgan fingerprint density at radius 3 is 2.23 bits per heavy atom. The lowest BCUT2D eigenvalue weighted by Crippen LogP contribution is -2.13. The minimum atomic E-state index is -4.32. The Morgan fingerprint density at radius 2 is 1.68 bits per heavy atom. The van der Waals surface area contributed by atoms with E-state index in [1.165, 1.54) is 24.3 Å². The second kappa shape index (κ2) is 6.44. The Labute approximate surface area is 130 Å². The van der Waals surface area contributed by atoms with Crippen LogP contribution in [-0.2, 0) is 0 Å². The van der Waals surface area contributed by atoms with E-state index in [0.717, 1.165) is 11.1 Å². The van der Waals surface area contributed by atoms with Gasteiger partial charge in [-0.1, -0.05) is 17.7 Å². The fourth-order valence-electron chi connectivity index (χ4n) is 2.01. The summed E-state index contributed by atoms with van der Waals surface area (Å²) >= 11 is -0.184. The standard InChI is InChI=1S/C16H14F3NOS/c1-10-3-8-14(11(2)9-10)15(21)20-12-4-6-13(7-5-12)22-16(17,18)19/h3-9H,1-2H3,(H,20,21). The Bertz CT molecular complexity index is 681. The number of rotatable bonds is 3. The van der Waals surface area contributed by atoms with E-state index in [9.17, 15) is 18.0 Å². The summed E-state index contributed by atoms with van der Waals surface area (Å²) in [6.07, 6.45) is 0. The maximum absolute atomic E-state index is 12.2. The van der Waals surface area contributed by atoms with E-state index >= 15 is 0 Å². The van der Waals surface area contributed by atoms with E-state index in [-0.39, 0.29) is 22.6 Å². The number of hydrogen-bond acceptors (Lipinski definition) is 2. The van der Waals surface area contributed by atoms with Crippen molar-refractivity contribution < 1.29 is 18.0 Å². The minimum absolute atomic E-state index is 0.0806. The van der Waals surface area contributed by atoms with Gasteiger partial charge in [0.25, 0.3) is 5.91 Å². The van der Waals surface area contributed by atoms with Gasteiger partial charge in [0, 0.05) is 16.1 Å². The van der Waals surface area contributed by atoms with E-state index < -0.39 is 5.51 Å². The Morgan fingerprint density at radius 1 is 1.05 bits per heavy atom. The molecule has 2 aromatic carbocycles. The SMILES string of the molecule is Cc1ccc(C(=O)Nc2ccc(SC(F)(F)F)cc2)c(C)c1. The number of halogens is 3. The highest BCUT2D eigenvalue weighted by atomic mass is 32.2. The van der Waals surface area contributed by atoms with Crippen LogP contribution in [0.5, 0.6) is 0 Å². The molecule has 0 aromatic heterocycles. The first-order valence-corrected chi connectivity index (χ1v) is 7.31. The molecule has 0 atom stereocenters. The van der Waals surface area contributed by atoms with Crippen molar-refractivity contribution >= 4 is 23.4 Å².